The normalized spacial score (nSPS) is 24.3. The molecule has 0 amide bonds. The summed E-state index contributed by atoms with van der Waals surface area (Å²) in [5, 5.41) is 18.7. The second kappa shape index (κ2) is 6.71. The minimum atomic E-state index is -0.715. The quantitative estimate of drug-likeness (QED) is 0.828. The van der Waals surface area contributed by atoms with Crippen molar-refractivity contribution >= 4 is 5.97 Å². The highest BCUT2D eigenvalue weighted by Gasteiger charge is 2.31. The van der Waals surface area contributed by atoms with Crippen molar-refractivity contribution in [3.8, 4) is 0 Å². The van der Waals surface area contributed by atoms with E-state index in [1.807, 2.05) is 30.3 Å². The van der Waals surface area contributed by atoms with E-state index in [0.717, 1.165) is 24.8 Å². The van der Waals surface area contributed by atoms with Gasteiger partial charge in [0.15, 0.2) is 0 Å². The maximum Gasteiger partial charge on any atom is 0.306 e. The first-order valence-electron chi connectivity index (χ1n) is 7.08. The fourth-order valence-electron chi connectivity index (χ4n) is 3.20. The van der Waals surface area contributed by atoms with Crippen molar-refractivity contribution < 1.29 is 15.0 Å². The molecule has 1 aromatic carbocycles. The Bertz CT molecular complexity index is 402. The van der Waals surface area contributed by atoms with Gasteiger partial charge in [0, 0.05) is 6.61 Å². The van der Waals surface area contributed by atoms with Crippen molar-refractivity contribution in [3.63, 3.8) is 0 Å². The highest BCUT2D eigenvalue weighted by atomic mass is 16.4. The van der Waals surface area contributed by atoms with Gasteiger partial charge in [-0.15, -0.1) is 0 Å². The number of carboxylic acid groups (broad SMARTS) is 1. The topological polar surface area (TPSA) is 57.5 Å². The molecule has 104 valence electrons. The van der Waals surface area contributed by atoms with Gasteiger partial charge in [-0.3, -0.25) is 4.79 Å². The van der Waals surface area contributed by atoms with Crippen LogP contribution in [0.25, 0.3) is 0 Å². The lowest BCUT2D eigenvalue weighted by molar-refractivity contribution is -0.142. The Kier molecular flexibility index (Phi) is 4.97. The Labute approximate surface area is 114 Å². The molecule has 0 aliphatic heterocycles. The van der Waals surface area contributed by atoms with Crippen LogP contribution in [-0.2, 0) is 11.2 Å². The molecule has 0 spiro atoms. The monoisotopic (exact) mass is 262 g/mol. The summed E-state index contributed by atoms with van der Waals surface area (Å²) in [5.41, 5.74) is 1.08. The van der Waals surface area contributed by atoms with E-state index < -0.39 is 5.97 Å². The second-order valence-electron chi connectivity index (χ2n) is 5.59. The summed E-state index contributed by atoms with van der Waals surface area (Å²) in [7, 11) is 0. The first kappa shape index (κ1) is 14.1. The van der Waals surface area contributed by atoms with Gasteiger partial charge in [-0.2, -0.15) is 0 Å². The Morgan fingerprint density at radius 1 is 1.21 bits per heavy atom. The van der Waals surface area contributed by atoms with Gasteiger partial charge in [0.2, 0.25) is 0 Å². The van der Waals surface area contributed by atoms with Crippen molar-refractivity contribution in [2.45, 2.75) is 32.1 Å². The highest BCUT2D eigenvalue weighted by molar-refractivity contribution is 5.70. The van der Waals surface area contributed by atoms with Crippen LogP contribution in [0.15, 0.2) is 30.3 Å². The average Bonchev–Trinajstić information content (AvgIpc) is 2.86. The fourth-order valence-corrected chi connectivity index (χ4v) is 3.20. The van der Waals surface area contributed by atoms with Crippen LogP contribution in [0, 0.1) is 17.8 Å². The third-order valence-electron chi connectivity index (χ3n) is 4.31. The molecule has 2 N–H and O–H groups in total. The fraction of sp³-hybridized carbons (Fsp3) is 0.562. The minimum Gasteiger partial charge on any atom is -0.481 e. The number of aliphatic hydroxyl groups excluding tert-OH is 1. The molecule has 1 saturated carbocycles. The highest BCUT2D eigenvalue weighted by Crippen LogP contribution is 2.36. The Balaban J connectivity index is 1.98. The van der Waals surface area contributed by atoms with Gasteiger partial charge in [0.1, 0.15) is 0 Å². The number of aliphatic carboxylic acids is 1. The third-order valence-corrected chi connectivity index (χ3v) is 4.31. The third kappa shape index (κ3) is 3.80. The minimum absolute atomic E-state index is 0.197. The lowest BCUT2D eigenvalue weighted by atomic mass is 9.84. The molecule has 1 aliphatic rings. The second-order valence-corrected chi connectivity index (χ2v) is 5.59. The smallest absolute Gasteiger partial charge is 0.306 e. The van der Waals surface area contributed by atoms with Gasteiger partial charge < -0.3 is 10.2 Å². The van der Waals surface area contributed by atoms with Crippen molar-refractivity contribution in [3.05, 3.63) is 35.9 Å². The molecule has 1 fully saturated rings. The maximum atomic E-state index is 11.4. The first-order chi connectivity index (χ1) is 9.20. The number of carbonyl (C=O) groups is 1. The predicted octanol–water partition coefficient (Wildman–Crippen LogP) is 2.73. The lowest BCUT2D eigenvalue weighted by Crippen LogP contribution is -2.23. The molecule has 2 rings (SSSR count). The van der Waals surface area contributed by atoms with Crippen LogP contribution in [0.1, 0.15) is 31.2 Å². The van der Waals surface area contributed by atoms with Gasteiger partial charge in [0.05, 0.1) is 5.92 Å². The molecule has 0 saturated heterocycles. The van der Waals surface area contributed by atoms with E-state index in [-0.39, 0.29) is 12.5 Å². The van der Waals surface area contributed by atoms with Crippen molar-refractivity contribution in [1.29, 1.82) is 0 Å². The molecule has 0 aromatic heterocycles. The van der Waals surface area contributed by atoms with Gasteiger partial charge in [-0.25, -0.2) is 0 Å². The van der Waals surface area contributed by atoms with Crippen molar-refractivity contribution in [2.24, 2.45) is 17.8 Å². The van der Waals surface area contributed by atoms with Crippen molar-refractivity contribution in [1.82, 2.24) is 0 Å². The van der Waals surface area contributed by atoms with E-state index >= 15 is 0 Å². The zero-order valence-electron chi connectivity index (χ0n) is 11.2. The summed E-state index contributed by atoms with van der Waals surface area (Å²) >= 11 is 0. The van der Waals surface area contributed by atoms with E-state index in [2.05, 4.69) is 0 Å². The van der Waals surface area contributed by atoms with E-state index in [1.54, 1.807) is 0 Å². The van der Waals surface area contributed by atoms with Gasteiger partial charge in [-0.1, -0.05) is 43.2 Å². The van der Waals surface area contributed by atoms with Crippen LogP contribution >= 0.6 is 0 Å². The largest absolute Gasteiger partial charge is 0.481 e. The molecule has 3 heteroatoms. The van der Waals surface area contributed by atoms with Crippen LogP contribution in [0.3, 0.4) is 0 Å². The molecule has 0 bridgehead atoms. The zero-order valence-corrected chi connectivity index (χ0v) is 11.2. The number of hydrogen-bond acceptors (Lipinski definition) is 2. The van der Waals surface area contributed by atoms with Crippen LogP contribution in [0.4, 0.5) is 0 Å². The van der Waals surface area contributed by atoms with Gasteiger partial charge in [0.25, 0.3) is 0 Å². The molecule has 3 nitrogen and oxygen atoms in total. The number of benzene rings is 1. The van der Waals surface area contributed by atoms with E-state index in [9.17, 15) is 15.0 Å². The Morgan fingerprint density at radius 3 is 2.53 bits per heavy atom. The number of hydrogen-bond donors (Lipinski definition) is 2. The van der Waals surface area contributed by atoms with E-state index in [4.69, 9.17) is 0 Å². The number of carboxylic acids is 1. The lowest BCUT2D eigenvalue weighted by Gasteiger charge is -2.21. The molecular weight excluding hydrogens is 240 g/mol. The maximum absolute atomic E-state index is 11.4. The molecule has 19 heavy (non-hydrogen) atoms. The number of rotatable bonds is 6. The van der Waals surface area contributed by atoms with Crippen LogP contribution in [0.5, 0.6) is 0 Å². The molecular formula is C16H22O3. The van der Waals surface area contributed by atoms with Crippen LogP contribution < -0.4 is 0 Å². The summed E-state index contributed by atoms with van der Waals surface area (Å²) in [5.74, 6) is -0.376. The SMILES string of the molecule is O=C(O)C(Cc1ccccc1)CC1CCCC1CO. The summed E-state index contributed by atoms with van der Waals surface area (Å²) < 4.78 is 0. The molecule has 3 atom stereocenters. The first-order valence-corrected chi connectivity index (χ1v) is 7.08. The van der Waals surface area contributed by atoms with Crippen LogP contribution in [0.2, 0.25) is 0 Å². The zero-order chi connectivity index (χ0) is 13.7. The molecule has 0 radical (unpaired) electrons. The molecule has 1 aliphatic carbocycles. The summed E-state index contributed by atoms with van der Waals surface area (Å²) in [4.78, 5) is 11.4. The number of aliphatic hydroxyl groups is 1. The molecule has 3 unspecified atom stereocenters. The van der Waals surface area contributed by atoms with Gasteiger partial charge >= 0.3 is 5.97 Å². The Hall–Kier alpha value is -1.35. The Morgan fingerprint density at radius 2 is 1.89 bits per heavy atom. The van der Waals surface area contributed by atoms with E-state index in [1.165, 1.54) is 0 Å². The standard InChI is InChI=1S/C16H22O3/c17-11-14-8-4-7-13(14)10-15(16(18)19)9-12-5-2-1-3-6-12/h1-3,5-6,13-15,17H,4,7-11H2,(H,18,19). The molecule has 0 heterocycles. The van der Waals surface area contributed by atoms with Gasteiger partial charge in [-0.05, 0) is 36.7 Å². The van der Waals surface area contributed by atoms with Crippen LogP contribution in [-0.4, -0.2) is 22.8 Å². The molecule has 1 aromatic rings. The summed E-state index contributed by atoms with van der Waals surface area (Å²) in [6.07, 6.45) is 4.50. The van der Waals surface area contributed by atoms with E-state index in [0.29, 0.717) is 24.7 Å². The average molecular weight is 262 g/mol. The predicted molar refractivity (Wildman–Crippen MR) is 73.8 cm³/mol. The van der Waals surface area contributed by atoms with Crippen molar-refractivity contribution in [2.75, 3.05) is 6.61 Å². The summed E-state index contributed by atoms with van der Waals surface area (Å²) in [6.45, 7) is 0.197. The summed E-state index contributed by atoms with van der Waals surface area (Å²) in [6, 6.07) is 9.79.